The van der Waals surface area contributed by atoms with Gasteiger partial charge in [0.05, 0.1) is 19.3 Å². The van der Waals surface area contributed by atoms with E-state index in [2.05, 4.69) is 17.4 Å². The van der Waals surface area contributed by atoms with Crippen LogP contribution >= 0.6 is 0 Å². The van der Waals surface area contributed by atoms with Crippen molar-refractivity contribution in [3.05, 3.63) is 52.7 Å². The number of aliphatic carboxylic acids is 1. The lowest BCUT2D eigenvalue weighted by atomic mass is 9.93. The third-order valence-electron chi connectivity index (χ3n) is 7.50. The number of unbranched alkanes of at least 4 members (excludes halogenated alkanes) is 2. The molecule has 2 atom stereocenters. The van der Waals surface area contributed by atoms with Gasteiger partial charge in [0.2, 0.25) is 0 Å². The number of benzene rings is 1. The first-order chi connectivity index (χ1) is 17.5. The molecule has 1 saturated heterocycles. The number of nitrogens with one attached hydrogen (secondary N) is 1. The summed E-state index contributed by atoms with van der Waals surface area (Å²) in [7, 11) is 1.65. The van der Waals surface area contributed by atoms with E-state index in [1.54, 1.807) is 7.11 Å². The summed E-state index contributed by atoms with van der Waals surface area (Å²) >= 11 is 0. The van der Waals surface area contributed by atoms with E-state index in [1.165, 1.54) is 0 Å². The zero-order chi connectivity index (χ0) is 25.1. The first-order valence-electron chi connectivity index (χ1n) is 13.2. The number of aryl methyl sites for hydroxylation is 1. The molecule has 0 amide bonds. The molecule has 8 nitrogen and oxygen atoms in total. The minimum Gasteiger partial charge on any atom is -0.496 e. The maximum atomic E-state index is 12.2. The summed E-state index contributed by atoms with van der Waals surface area (Å²) in [5.41, 5.74) is 4.10. The second-order valence-electron chi connectivity index (χ2n) is 10.3. The van der Waals surface area contributed by atoms with Gasteiger partial charge >= 0.3 is 5.97 Å². The number of hydrogen-bond acceptors (Lipinski definition) is 7. The average Bonchev–Trinajstić information content (AvgIpc) is 3.69. The van der Waals surface area contributed by atoms with E-state index in [0.717, 1.165) is 72.5 Å². The third-order valence-corrected chi connectivity index (χ3v) is 7.50. The van der Waals surface area contributed by atoms with E-state index in [-0.39, 0.29) is 12.2 Å². The van der Waals surface area contributed by atoms with Gasteiger partial charge in [0.15, 0.2) is 0 Å². The molecule has 0 spiro atoms. The molecule has 1 aliphatic carbocycles. The molecular formula is C28H37N3O5. The monoisotopic (exact) mass is 495 g/mol. The third kappa shape index (κ3) is 5.66. The molecule has 5 rings (SSSR count). The number of pyridine rings is 1. The molecule has 0 radical (unpaired) electrons. The largest absolute Gasteiger partial charge is 0.496 e. The highest BCUT2D eigenvalue weighted by molar-refractivity contribution is 5.77. The van der Waals surface area contributed by atoms with Crippen LogP contribution in [0.5, 0.6) is 5.75 Å². The molecule has 1 aromatic heterocycles. The fourth-order valence-electron chi connectivity index (χ4n) is 5.42. The predicted octanol–water partition coefficient (Wildman–Crippen LogP) is 3.54. The summed E-state index contributed by atoms with van der Waals surface area (Å²) in [6.45, 7) is 2.53. The van der Waals surface area contributed by atoms with Crippen LogP contribution in [0.4, 0.5) is 5.82 Å². The van der Waals surface area contributed by atoms with Gasteiger partial charge in [0.1, 0.15) is 17.6 Å². The Hall–Kier alpha value is -2.68. The van der Waals surface area contributed by atoms with Crippen molar-refractivity contribution in [1.29, 1.82) is 0 Å². The number of likely N-dealkylation sites (tertiary alicyclic amines) is 1. The SMILES string of the molecule is COc1cccc(C(C(=O)O)N2CC(OCCCCCc3ccc4c(n3)NCC(O)C4)C2)c1C1CC1. The molecule has 1 aromatic carbocycles. The molecule has 8 heteroatoms. The first-order valence-corrected chi connectivity index (χ1v) is 13.2. The number of aliphatic hydroxyl groups is 1. The van der Waals surface area contributed by atoms with Crippen LogP contribution in [0.2, 0.25) is 0 Å². The number of rotatable bonds is 12. The van der Waals surface area contributed by atoms with Crippen LogP contribution in [0.15, 0.2) is 30.3 Å². The smallest absolute Gasteiger partial charge is 0.325 e. The lowest BCUT2D eigenvalue weighted by Gasteiger charge is -2.43. The Morgan fingerprint density at radius 3 is 2.78 bits per heavy atom. The first kappa shape index (κ1) is 25.0. The molecule has 3 N–H and O–H groups in total. The van der Waals surface area contributed by atoms with Gasteiger partial charge in [0.25, 0.3) is 0 Å². The molecule has 194 valence electrons. The van der Waals surface area contributed by atoms with Gasteiger partial charge in [0, 0.05) is 43.9 Å². The zero-order valence-corrected chi connectivity index (χ0v) is 21.0. The molecule has 3 aliphatic rings. The fourth-order valence-corrected chi connectivity index (χ4v) is 5.42. The van der Waals surface area contributed by atoms with E-state index in [4.69, 9.17) is 14.5 Å². The standard InChI is InChI=1S/C28H37N3O5/c1-35-24-8-5-7-23(25(24)18-9-10-18)26(28(33)34)31-16-22(17-31)36-13-4-2-3-6-20-12-11-19-14-21(32)15-29-27(19)30-20/h5,7-8,11-12,18,21-22,26,32H,2-4,6,9-10,13-17H2,1H3,(H,29,30)(H,33,34). The van der Waals surface area contributed by atoms with Crippen LogP contribution in [0.1, 0.15) is 66.4 Å². The van der Waals surface area contributed by atoms with Gasteiger partial charge in [-0.2, -0.15) is 0 Å². The lowest BCUT2D eigenvalue weighted by Crippen LogP contribution is -2.55. The molecule has 2 aromatic rings. The maximum Gasteiger partial charge on any atom is 0.325 e. The van der Waals surface area contributed by atoms with Crippen molar-refractivity contribution < 1.29 is 24.5 Å². The highest BCUT2D eigenvalue weighted by Gasteiger charge is 2.41. The zero-order valence-electron chi connectivity index (χ0n) is 21.0. The Balaban J connectivity index is 1.04. The van der Waals surface area contributed by atoms with Gasteiger partial charge < -0.3 is 25.0 Å². The Labute approximate surface area is 212 Å². The number of ether oxygens (including phenoxy) is 2. The highest BCUT2D eigenvalue weighted by Crippen LogP contribution is 2.48. The van der Waals surface area contributed by atoms with Crippen molar-refractivity contribution in [2.45, 2.75) is 69.1 Å². The molecular weight excluding hydrogens is 458 g/mol. The van der Waals surface area contributed by atoms with Crippen LogP contribution in [0, 0.1) is 0 Å². The average molecular weight is 496 g/mol. The molecule has 1 saturated carbocycles. The number of aromatic nitrogens is 1. The van der Waals surface area contributed by atoms with E-state index >= 15 is 0 Å². The number of carboxylic acid groups (broad SMARTS) is 1. The Kier molecular flexibility index (Phi) is 7.74. The quantitative estimate of drug-likeness (QED) is 0.384. The summed E-state index contributed by atoms with van der Waals surface area (Å²) in [4.78, 5) is 18.9. The Morgan fingerprint density at radius 1 is 1.19 bits per heavy atom. The summed E-state index contributed by atoms with van der Waals surface area (Å²) in [6.07, 6.45) is 6.64. The number of nitrogens with zero attached hydrogens (tertiary/aromatic N) is 2. The minimum absolute atomic E-state index is 0.0885. The second-order valence-corrected chi connectivity index (χ2v) is 10.3. The number of hydrogen-bond donors (Lipinski definition) is 3. The number of methoxy groups -OCH3 is 1. The number of aliphatic hydroxyl groups excluding tert-OH is 1. The van der Waals surface area contributed by atoms with Crippen molar-refractivity contribution in [2.24, 2.45) is 0 Å². The van der Waals surface area contributed by atoms with Gasteiger partial charge in [-0.25, -0.2) is 4.98 Å². The van der Waals surface area contributed by atoms with Crippen LogP contribution in [0.3, 0.4) is 0 Å². The number of carbonyl (C=O) groups is 1. The second kappa shape index (κ2) is 11.2. The van der Waals surface area contributed by atoms with Crippen LogP contribution < -0.4 is 10.1 Å². The molecule has 3 heterocycles. The van der Waals surface area contributed by atoms with Crippen LogP contribution in [-0.4, -0.2) is 71.6 Å². The lowest BCUT2D eigenvalue weighted by molar-refractivity contribution is -0.151. The van der Waals surface area contributed by atoms with Crippen molar-refractivity contribution in [3.63, 3.8) is 0 Å². The van der Waals surface area contributed by atoms with Gasteiger partial charge in [-0.1, -0.05) is 24.6 Å². The van der Waals surface area contributed by atoms with Crippen molar-refractivity contribution in [3.8, 4) is 5.75 Å². The van der Waals surface area contributed by atoms with E-state index in [1.807, 2.05) is 23.1 Å². The Bertz CT molecular complexity index is 1070. The molecule has 0 bridgehead atoms. The highest BCUT2D eigenvalue weighted by atomic mass is 16.5. The number of anilines is 1. The van der Waals surface area contributed by atoms with E-state index in [9.17, 15) is 15.0 Å². The van der Waals surface area contributed by atoms with Crippen LogP contribution in [-0.2, 0) is 22.4 Å². The van der Waals surface area contributed by atoms with Crippen LogP contribution in [0.25, 0.3) is 0 Å². The molecule has 2 fully saturated rings. The summed E-state index contributed by atoms with van der Waals surface area (Å²) in [5.74, 6) is 1.31. The van der Waals surface area contributed by atoms with Gasteiger partial charge in [-0.3, -0.25) is 9.69 Å². The van der Waals surface area contributed by atoms with E-state index in [0.29, 0.717) is 38.6 Å². The molecule has 2 aliphatic heterocycles. The maximum absolute atomic E-state index is 12.2. The van der Waals surface area contributed by atoms with Crippen molar-refractivity contribution in [2.75, 3.05) is 38.7 Å². The summed E-state index contributed by atoms with van der Waals surface area (Å²) in [5, 5.41) is 23.0. The summed E-state index contributed by atoms with van der Waals surface area (Å²) in [6, 6.07) is 9.25. The molecule has 2 unspecified atom stereocenters. The van der Waals surface area contributed by atoms with Crippen molar-refractivity contribution >= 4 is 11.8 Å². The van der Waals surface area contributed by atoms with E-state index < -0.39 is 12.0 Å². The van der Waals surface area contributed by atoms with Gasteiger partial charge in [-0.15, -0.1) is 0 Å². The fraction of sp³-hybridized carbons (Fsp3) is 0.571. The summed E-state index contributed by atoms with van der Waals surface area (Å²) < 4.78 is 11.6. The predicted molar refractivity (Wildman–Crippen MR) is 137 cm³/mol. The Morgan fingerprint density at radius 2 is 2.03 bits per heavy atom. The minimum atomic E-state index is -0.814. The van der Waals surface area contributed by atoms with Crippen molar-refractivity contribution in [1.82, 2.24) is 9.88 Å². The number of β-amino-alcohol motifs (C(OH)–C–C–N with tert-alkyl or cyclic N) is 1. The van der Waals surface area contributed by atoms with Gasteiger partial charge in [-0.05, 0) is 61.3 Å². The number of fused-ring (bicyclic) bond motifs is 1. The molecule has 36 heavy (non-hydrogen) atoms. The number of carboxylic acids is 1. The normalized spacial score (nSPS) is 20.8. The topological polar surface area (TPSA) is 104 Å².